The summed E-state index contributed by atoms with van der Waals surface area (Å²) in [5.41, 5.74) is 2.53. The quantitative estimate of drug-likeness (QED) is 0.798. The van der Waals surface area contributed by atoms with Gasteiger partial charge in [0.05, 0.1) is 12.7 Å². The van der Waals surface area contributed by atoms with Gasteiger partial charge in [0, 0.05) is 17.4 Å². The van der Waals surface area contributed by atoms with Gasteiger partial charge in [-0.2, -0.15) is 0 Å². The Kier molecular flexibility index (Phi) is 1.84. The molecule has 1 saturated carbocycles. The van der Waals surface area contributed by atoms with Crippen molar-refractivity contribution in [3.8, 4) is 5.75 Å². The highest BCUT2D eigenvalue weighted by Crippen LogP contribution is 2.54. The Balaban J connectivity index is 2.10. The minimum Gasteiger partial charge on any atom is -0.493 e. The highest BCUT2D eigenvalue weighted by Gasteiger charge is 2.50. The van der Waals surface area contributed by atoms with Gasteiger partial charge in [0.1, 0.15) is 5.75 Å². The van der Waals surface area contributed by atoms with Crippen LogP contribution < -0.4 is 4.74 Å². The van der Waals surface area contributed by atoms with Crippen molar-refractivity contribution in [1.29, 1.82) is 0 Å². The Bertz CT molecular complexity index is 392. The van der Waals surface area contributed by atoms with Gasteiger partial charge in [-0.1, -0.05) is 18.2 Å². The van der Waals surface area contributed by atoms with Crippen LogP contribution in [0.25, 0.3) is 0 Å². The summed E-state index contributed by atoms with van der Waals surface area (Å²) in [6.07, 6.45) is 2.92. The highest BCUT2D eigenvalue weighted by molar-refractivity contribution is 5.50. The fraction of sp³-hybridized carbons (Fsp3) is 0.538. The minimum atomic E-state index is -0.270. The number of para-hydroxylation sites is 1. The summed E-state index contributed by atoms with van der Waals surface area (Å²) in [5, 5.41) is 9.87. The fourth-order valence-electron chi connectivity index (χ4n) is 2.65. The van der Waals surface area contributed by atoms with E-state index in [0.29, 0.717) is 0 Å². The molecule has 0 amide bonds. The predicted octanol–water partition coefficient (Wildman–Crippen LogP) is 2.03. The number of rotatable bonds is 2. The molecule has 0 aromatic heterocycles. The van der Waals surface area contributed by atoms with E-state index in [0.717, 1.165) is 31.6 Å². The largest absolute Gasteiger partial charge is 0.493 e. The molecule has 2 heteroatoms. The molecule has 80 valence electrons. The molecule has 1 atom stereocenters. The molecule has 0 saturated heterocycles. The van der Waals surface area contributed by atoms with Crippen molar-refractivity contribution in [2.24, 2.45) is 0 Å². The van der Waals surface area contributed by atoms with Crippen LogP contribution in [0.4, 0.5) is 0 Å². The number of aliphatic hydroxyl groups excluding tert-OH is 1. The van der Waals surface area contributed by atoms with Crippen molar-refractivity contribution in [2.45, 2.75) is 37.7 Å². The second-order valence-corrected chi connectivity index (χ2v) is 4.72. The Morgan fingerprint density at radius 1 is 1.40 bits per heavy atom. The molecule has 1 heterocycles. The Morgan fingerprint density at radius 2 is 2.20 bits per heavy atom. The molecular formula is C13H16O2. The van der Waals surface area contributed by atoms with E-state index >= 15 is 0 Å². The predicted molar refractivity (Wildman–Crippen MR) is 58.2 cm³/mol. The van der Waals surface area contributed by atoms with E-state index in [2.05, 4.69) is 18.2 Å². The zero-order valence-corrected chi connectivity index (χ0v) is 8.99. The molecule has 15 heavy (non-hydrogen) atoms. The lowest BCUT2D eigenvalue weighted by molar-refractivity contribution is 0.149. The van der Waals surface area contributed by atoms with Crippen LogP contribution >= 0.6 is 0 Å². The molecule has 1 N–H and O–H groups in total. The van der Waals surface area contributed by atoms with Crippen molar-refractivity contribution in [3.05, 3.63) is 29.3 Å². The lowest BCUT2D eigenvalue weighted by atomic mass is 9.89. The van der Waals surface area contributed by atoms with Gasteiger partial charge in [-0.05, 0) is 25.3 Å². The number of benzene rings is 1. The smallest absolute Gasteiger partial charge is 0.126 e. The van der Waals surface area contributed by atoms with Crippen LogP contribution in [0.5, 0.6) is 5.75 Å². The Morgan fingerprint density at radius 3 is 2.87 bits per heavy atom. The molecule has 1 aliphatic heterocycles. The van der Waals surface area contributed by atoms with Gasteiger partial charge in [-0.15, -0.1) is 0 Å². The normalized spacial score (nSPS) is 23.1. The summed E-state index contributed by atoms with van der Waals surface area (Å²) in [5.74, 6) is 1.05. The van der Waals surface area contributed by atoms with E-state index in [1.165, 1.54) is 11.1 Å². The lowest BCUT2D eigenvalue weighted by Gasteiger charge is -2.21. The molecule has 1 aromatic carbocycles. The average molecular weight is 204 g/mol. The second kappa shape index (κ2) is 2.99. The summed E-state index contributed by atoms with van der Waals surface area (Å²) in [4.78, 5) is 0. The van der Waals surface area contributed by atoms with E-state index in [9.17, 15) is 5.11 Å². The van der Waals surface area contributed by atoms with E-state index in [-0.39, 0.29) is 11.5 Å². The number of hydrogen-bond acceptors (Lipinski definition) is 2. The molecular weight excluding hydrogens is 188 g/mol. The number of fused-ring (bicyclic) bond motifs is 1. The molecule has 0 spiro atoms. The van der Waals surface area contributed by atoms with Crippen molar-refractivity contribution < 1.29 is 9.84 Å². The van der Waals surface area contributed by atoms with Crippen molar-refractivity contribution in [1.82, 2.24) is 0 Å². The van der Waals surface area contributed by atoms with E-state index < -0.39 is 0 Å². The molecule has 2 nitrogen and oxygen atoms in total. The monoisotopic (exact) mass is 204 g/mol. The van der Waals surface area contributed by atoms with Crippen LogP contribution in [0.2, 0.25) is 0 Å². The number of hydrogen-bond donors (Lipinski definition) is 1. The first-order valence-corrected chi connectivity index (χ1v) is 5.67. The van der Waals surface area contributed by atoms with E-state index in [1.807, 2.05) is 6.92 Å². The maximum atomic E-state index is 9.87. The first-order valence-electron chi connectivity index (χ1n) is 5.67. The first kappa shape index (κ1) is 9.22. The maximum Gasteiger partial charge on any atom is 0.126 e. The molecule has 0 bridgehead atoms. The third-order valence-corrected chi connectivity index (χ3v) is 3.84. The molecule has 1 unspecified atom stereocenters. The van der Waals surface area contributed by atoms with Crippen LogP contribution in [0, 0.1) is 0 Å². The van der Waals surface area contributed by atoms with Crippen molar-refractivity contribution in [2.75, 3.05) is 6.61 Å². The summed E-state index contributed by atoms with van der Waals surface area (Å²) in [6.45, 7) is 2.68. The van der Waals surface area contributed by atoms with Crippen LogP contribution in [0.3, 0.4) is 0 Å². The van der Waals surface area contributed by atoms with Crippen LogP contribution in [0.1, 0.15) is 30.9 Å². The Labute approximate surface area is 89.9 Å². The first-order chi connectivity index (χ1) is 7.24. The van der Waals surface area contributed by atoms with Gasteiger partial charge < -0.3 is 9.84 Å². The third-order valence-electron chi connectivity index (χ3n) is 3.84. The third kappa shape index (κ3) is 1.21. The Hall–Kier alpha value is -1.02. The zero-order chi connectivity index (χ0) is 10.5. The number of ether oxygens (including phenoxy) is 1. The summed E-state index contributed by atoms with van der Waals surface area (Å²) >= 11 is 0. The highest BCUT2D eigenvalue weighted by atomic mass is 16.5. The molecule has 3 rings (SSSR count). The molecule has 1 aliphatic carbocycles. The van der Waals surface area contributed by atoms with E-state index in [4.69, 9.17) is 4.74 Å². The molecule has 1 fully saturated rings. The topological polar surface area (TPSA) is 29.5 Å². The standard InChI is InChI=1S/C13H16O2/c1-9(14)13(6-7-13)11-4-2-3-10-5-8-15-12(10)11/h2-4,9,14H,5-8H2,1H3. The summed E-state index contributed by atoms with van der Waals surface area (Å²) in [6, 6.07) is 6.33. The van der Waals surface area contributed by atoms with Gasteiger partial charge in [0.15, 0.2) is 0 Å². The van der Waals surface area contributed by atoms with Crippen LogP contribution in [-0.2, 0) is 11.8 Å². The van der Waals surface area contributed by atoms with Gasteiger partial charge in [-0.25, -0.2) is 0 Å². The molecule has 2 aliphatic rings. The van der Waals surface area contributed by atoms with Crippen molar-refractivity contribution >= 4 is 0 Å². The minimum absolute atomic E-state index is 0.00428. The SMILES string of the molecule is CC(O)C1(c2cccc3c2OCC3)CC1. The van der Waals surface area contributed by atoms with Gasteiger partial charge in [-0.3, -0.25) is 0 Å². The maximum absolute atomic E-state index is 9.87. The number of aliphatic hydroxyl groups is 1. The average Bonchev–Trinajstić information content (AvgIpc) is 2.89. The zero-order valence-electron chi connectivity index (χ0n) is 8.99. The van der Waals surface area contributed by atoms with Crippen molar-refractivity contribution in [3.63, 3.8) is 0 Å². The van der Waals surface area contributed by atoms with Gasteiger partial charge in [0.2, 0.25) is 0 Å². The van der Waals surface area contributed by atoms with Gasteiger partial charge in [0.25, 0.3) is 0 Å². The van der Waals surface area contributed by atoms with Gasteiger partial charge >= 0.3 is 0 Å². The van der Waals surface area contributed by atoms with E-state index in [1.54, 1.807) is 0 Å². The summed E-state index contributed by atoms with van der Waals surface area (Å²) < 4.78 is 5.69. The fourth-order valence-corrected chi connectivity index (χ4v) is 2.65. The lowest BCUT2D eigenvalue weighted by Crippen LogP contribution is -2.23. The molecule has 1 aromatic rings. The summed E-state index contributed by atoms with van der Waals surface area (Å²) in [7, 11) is 0. The molecule has 0 radical (unpaired) electrons. The van der Waals surface area contributed by atoms with Crippen LogP contribution in [0.15, 0.2) is 18.2 Å². The van der Waals surface area contributed by atoms with Crippen LogP contribution in [-0.4, -0.2) is 17.8 Å². The second-order valence-electron chi connectivity index (χ2n) is 4.72.